The predicted octanol–water partition coefficient (Wildman–Crippen LogP) is 3.67. The van der Waals surface area contributed by atoms with Gasteiger partial charge in [0.1, 0.15) is 0 Å². The summed E-state index contributed by atoms with van der Waals surface area (Å²) in [7, 11) is 0. The third kappa shape index (κ3) is 4.44. The van der Waals surface area contributed by atoms with E-state index in [1.165, 1.54) is 0 Å². The number of nitrogens with two attached hydrogens (primary N) is 1. The number of hydrogen-bond donors (Lipinski definition) is 2. The SMILES string of the molecule is CCCC(C)(N)C(=O)NCc1cn(-c2ccccc2)nc1-c1ccccc1. The Morgan fingerprint density at radius 2 is 1.74 bits per heavy atom. The molecule has 1 unspecified atom stereocenters. The molecule has 5 nitrogen and oxygen atoms in total. The van der Waals surface area contributed by atoms with Gasteiger partial charge in [0.25, 0.3) is 0 Å². The normalized spacial score (nSPS) is 13.1. The van der Waals surface area contributed by atoms with Crippen LogP contribution < -0.4 is 11.1 Å². The van der Waals surface area contributed by atoms with E-state index < -0.39 is 5.54 Å². The fourth-order valence-corrected chi connectivity index (χ4v) is 3.10. The quantitative estimate of drug-likeness (QED) is 0.673. The second-order valence-corrected chi connectivity index (χ2v) is 7.00. The molecule has 1 atom stereocenters. The highest BCUT2D eigenvalue weighted by molar-refractivity contribution is 5.85. The van der Waals surface area contributed by atoms with Gasteiger partial charge in [0.2, 0.25) is 5.91 Å². The largest absolute Gasteiger partial charge is 0.350 e. The van der Waals surface area contributed by atoms with Crippen molar-refractivity contribution in [3.05, 3.63) is 72.4 Å². The van der Waals surface area contributed by atoms with Gasteiger partial charge < -0.3 is 11.1 Å². The van der Waals surface area contributed by atoms with E-state index >= 15 is 0 Å². The summed E-state index contributed by atoms with van der Waals surface area (Å²) in [6.07, 6.45) is 3.47. The molecule has 0 saturated carbocycles. The van der Waals surface area contributed by atoms with Gasteiger partial charge in [0.05, 0.1) is 16.9 Å². The zero-order valence-corrected chi connectivity index (χ0v) is 15.9. The Morgan fingerprint density at radius 3 is 2.37 bits per heavy atom. The Hall–Kier alpha value is -2.92. The number of rotatable bonds is 7. The fraction of sp³-hybridized carbons (Fsp3) is 0.273. The summed E-state index contributed by atoms with van der Waals surface area (Å²) in [6.45, 7) is 4.18. The summed E-state index contributed by atoms with van der Waals surface area (Å²) in [4.78, 5) is 12.5. The lowest BCUT2D eigenvalue weighted by molar-refractivity contribution is -0.126. The van der Waals surface area contributed by atoms with Crippen LogP contribution in [0.1, 0.15) is 32.3 Å². The first-order valence-electron chi connectivity index (χ1n) is 9.28. The van der Waals surface area contributed by atoms with Crippen LogP contribution in [0, 0.1) is 0 Å². The van der Waals surface area contributed by atoms with Crippen LogP contribution in [0.5, 0.6) is 0 Å². The summed E-state index contributed by atoms with van der Waals surface area (Å²) in [6, 6.07) is 19.9. The van der Waals surface area contributed by atoms with Crippen molar-refractivity contribution in [2.75, 3.05) is 0 Å². The molecule has 3 aromatic rings. The van der Waals surface area contributed by atoms with Crippen LogP contribution in [0.2, 0.25) is 0 Å². The Labute approximate surface area is 160 Å². The molecular weight excluding hydrogens is 336 g/mol. The van der Waals surface area contributed by atoms with Crippen LogP contribution in [-0.4, -0.2) is 21.2 Å². The Bertz CT molecular complexity index is 885. The lowest BCUT2D eigenvalue weighted by atomic mass is 9.96. The molecule has 2 aromatic carbocycles. The maximum atomic E-state index is 12.5. The number of amides is 1. The average molecular weight is 362 g/mol. The molecule has 0 fully saturated rings. The van der Waals surface area contributed by atoms with Crippen molar-refractivity contribution in [3.63, 3.8) is 0 Å². The molecule has 3 N–H and O–H groups in total. The first-order chi connectivity index (χ1) is 13.0. The van der Waals surface area contributed by atoms with Crippen molar-refractivity contribution in [1.82, 2.24) is 15.1 Å². The number of para-hydroxylation sites is 1. The highest BCUT2D eigenvalue weighted by Gasteiger charge is 2.27. The molecule has 1 heterocycles. The smallest absolute Gasteiger partial charge is 0.240 e. The lowest BCUT2D eigenvalue weighted by Crippen LogP contribution is -2.51. The van der Waals surface area contributed by atoms with Crippen LogP contribution in [-0.2, 0) is 11.3 Å². The van der Waals surface area contributed by atoms with Gasteiger partial charge >= 0.3 is 0 Å². The predicted molar refractivity (Wildman–Crippen MR) is 108 cm³/mol. The number of hydrogen-bond acceptors (Lipinski definition) is 3. The molecule has 0 aliphatic carbocycles. The van der Waals surface area contributed by atoms with Gasteiger partial charge in [0, 0.05) is 23.9 Å². The minimum Gasteiger partial charge on any atom is -0.350 e. The maximum Gasteiger partial charge on any atom is 0.240 e. The highest BCUT2D eigenvalue weighted by Crippen LogP contribution is 2.23. The number of benzene rings is 2. The van der Waals surface area contributed by atoms with E-state index in [-0.39, 0.29) is 5.91 Å². The molecule has 3 rings (SSSR count). The van der Waals surface area contributed by atoms with Crippen LogP contribution in [0.25, 0.3) is 16.9 Å². The molecule has 1 amide bonds. The summed E-state index contributed by atoms with van der Waals surface area (Å²) < 4.78 is 1.84. The molecule has 0 aliphatic rings. The third-order valence-electron chi connectivity index (χ3n) is 4.59. The van der Waals surface area contributed by atoms with E-state index in [0.29, 0.717) is 13.0 Å². The van der Waals surface area contributed by atoms with E-state index in [1.54, 1.807) is 6.92 Å². The monoisotopic (exact) mass is 362 g/mol. The molecule has 0 bridgehead atoms. The van der Waals surface area contributed by atoms with E-state index in [2.05, 4.69) is 5.32 Å². The van der Waals surface area contributed by atoms with Crippen molar-refractivity contribution >= 4 is 5.91 Å². The maximum absolute atomic E-state index is 12.5. The number of carbonyl (C=O) groups excluding carboxylic acids is 1. The molecule has 0 aliphatic heterocycles. The number of aromatic nitrogens is 2. The van der Waals surface area contributed by atoms with Crippen molar-refractivity contribution in [1.29, 1.82) is 0 Å². The second kappa shape index (κ2) is 8.18. The van der Waals surface area contributed by atoms with Gasteiger partial charge in [-0.25, -0.2) is 4.68 Å². The van der Waals surface area contributed by atoms with Gasteiger partial charge in [-0.3, -0.25) is 4.79 Å². The number of nitrogens with zero attached hydrogens (tertiary/aromatic N) is 2. The van der Waals surface area contributed by atoms with Gasteiger partial charge in [0.15, 0.2) is 0 Å². The summed E-state index contributed by atoms with van der Waals surface area (Å²) in [5.41, 5.74) is 9.08. The number of nitrogens with one attached hydrogen (secondary N) is 1. The van der Waals surface area contributed by atoms with Crippen LogP contribution in [0.3, 0.4) is 0 Å². The summed E-state index contributed by atoms with van der Waals surface area (Å²) in [5.74, 6) is -0.143. The van der Waals surface area contributed by atoms with Crippen molar-refractivity contribution in [2.24, 2.45) is 5.73 Å². The van der Waals surface area contributed by atoms with Crippen molar-refractivity contribution in [2.45, 2.75) is 38.8 Å². The third-order valence-corrected chi connectivity index (χ3v) is 4.59. The van der Waals surface area contributed by atoms with E-state index in [0.717, 1.165) is 28.9 Å². The van der Waals surface area contributed by atoms with Crippen LogP contribution in [0.4, 0.5) is 0 Å². The van der Waals surface area contributed by atoms with Gasteiger partial charge in [-0.05, 0) is 25.5 Å². The fourth-order valence-electron chi connectivity index (χ4n) is 3.10. The van der Waals surface area contributed by atoms with E-state index in [1.807, 2.05) is 78.5 Å². The molecule has 0 spiro atoms. The van der Waals surface area contributed by atoms with Gasteiger partial charge in [-0.15, -0.1) is 0 Å². The molecule has 27 heavy (non-hydrogen) atoms. The molecule has 1 aromatic heterocycles. The molecule has 5 heteroatoms. The minimum absolute atomic E-state index is 0.143. The number of carbonyl (C=O) groups is 1. The zero-order valence-electron chi connectivity index (χ0n) is 15.9. The van der Waals surface area contributed by atoms with Crippen LogP contribution in [0.15, 0.2) is 66.9 Å². The Morgan fingerprint density at radius 1 is 1.11 bits per heavy atom. The second-order valence-electron chi connectivity index (χ2n) is 7.00. The van der Waals surface area contributed by atoms with Gasteiger partial charge in [-0.2, -0.15) is 5.10 Å². The molecule has 0 saturated heterocycles. The van der Waals surface area contributed by atoms with Crippen molar-refractivity contribution in [3.8, 4) is 16.9 Å². The summed E-state index contributed by atoms with van der Waals surface area (Å²) in [5, 5.41) is 7.74. The molecule has 140 valence electrons. The first-order valence-corrected chi connectivity index (χ1v) is 9.28. The van der Waals surface area contributed by atoms with Crippen molar-refractivity contribution < 1.29 is 4.79 Å². The lowest BCUT2D eigenvalue weighted by Gasteiger charge is -2.22. The topological polar surface area (TPSA) is 72.9 Å². The van der Waals surface area contributed by atoms with E-state index in [9.17, 15) is 4.79 Å². The average Bonchev–Trinajstić information content (AvgIpc) is 3.11. The minimum atomic E-state index is -0.864. The molecular formula is C22H26N4O. The van der Waals surface area contributed by atoms with Crippen LogP contribution >= 0.6 is 0 Å². The van der Waals surface area contributed by atoms with Gasteiger partial charge in [-0.1, -0.05) is 61.9 Å². The standard InChI is InChI=1S/C22H26N4O/c1-3-14-22(2,23)21(27)24-15-18-16-26(19-12-8-5-9-13-19)25-20(18)17-10-6-4-7-11-17/h4-13,16H,3,14-15,23H2,1-2H3,(H,24,27). The Balaban J connectivity index is 1.89. The van der Waals surface area contributed by atoms with E-state index in [4.69, 9.17) is 10.8 Å². The molecule has 0 radical (unpaired) electrons. The highest BCUT2D eigenvalue weighted by atomic mass is 16.2. The zero-order chi connectivity index (χ0) is 19.3. The Kier molecular flexibility index (Phi) is 5.72. The summed E-state index contributed by atoms with van der Waals surface area (Å²) >= 11 is 0. The first kappa shape index (κ1) is 18.9.